The van der Waals surface area contributed by atoms with Gasteiger partial charge in [0.1, 0.15) is 5.75 Å². The third kappa shape index (κ3) is 5.73. The molecule has 2 aromatic rings. The normalized spacial score (nSPS) is 14.7. The van der Waals surface area contributed by atoms with E-state index in [0.717, 1.165) is 50.5 Å². The van der Waals surface area contributed by atoms with Gasteiger partial charge in [-0.05, 0) is 49.1 Å². The first-order chi connectivity index (χ1) is 14.1. The lowest BCUT2D eigenvalue weighted by atomic mass is 10.1. The molecule has 0 saturated carbocycles. The molecule has 0 aromatic heterocycles. The van der Waals surface area contributed by atoms with Crippen molar-refractivity contribution in [2.45, 2.75) is 26.7 Å². The van der Waals surface area contributed by atoms with Gasteiger partial charge in [0.05, 0.1) is 7.11 Å². The van der Waals surface area contributed by atoms with Crippen LogP contribution in [0, 0.1) is 13.8 Å². The van der Waals surface area contributed by atoms with Gasteiger partial charge in [-0.1, -0.05) is 30.3 Å². The molecule has 2 aromatic carbocycles. The molecule has 3 rings (SSSR count). The molecule has 0 atom stereocenters. The van der Waals surface area contributed by atoms with E-state index in [9.17, 15) is 4.79 Å². The fraction of sp³-hybridized carbons (Fsp3) is 0.458. The van der Waals surface area contributed by atoms with Crippen LogP contribution in [0.4, 0.5) is 5.69 Å². The smallest absolute Gasteiger partial charge is 0.221 e. The molecular formula is C24H33N3O2. The van der Waals surface area contributed by atoms with Crippen molar-refractivity contribution in [3.63, 3.8) is 0 Å². The van der Waals surface area contributed by atoms with Crippen LogP contribution in [0.15, 0.2) is 42.5 Å². The zero-order valence-corrected chi connectivity index (χ0v) is 17.9. The third-order valence-corrected chi connectivity index (χ3v) is 5.85. The quantitative estimate of drug-likeness (QED) is 0.746. The van der Waals surface area contributed by atoms with Gasteiger partial charge in [-0.3, -0.25) is 9.69 Å². The number of rotatable bonds is 8. The molecule has 0 radical (unpaired) electrons. The lowest BCUT2D eigenvalue weighted by Crippen LogP contribution is -2.47. The van der Waals surface area contributed by atoms with Gasteiger partial charge in [-0.15, -0.1) is 0 Å². The Labute approximate surface area is 174 Å². The molecule has 1 saturated heterocycles. The summed E-state index contributed by atoms with van der Waals surface area (Å²) in [6, 6.07) is 14.5. The number of methoxy groups -OCH3 is 1. The summed E-state index contributed by atoms with van der Waals surface area (Å²) in [4.78, 5) is 17.1. The van der Waals surface area contributed by atoms with Crippen molar-refractivity contribution in [2.24, 2.45) is 0 Å². The van der Waals surface area contributed by atoms with E-state index in [4.69, 9.17) is 4.74 Å². The minimum absolute atomic E-state index is 0.122. The molecular weight excluding hydrogens is 362 g/mol. The Balaban J connectivity index is 1.37. The SMILES string of the molecule is COc1ccccc1CCNC(=O)CCN1CCN(c2cccc(C)c2C)CC1. The van der Waals surface area contributed by atoms with Gasteiger partial charge in [0.2, 0.25) is 5.91 Å². The van der Waals surface area contributed by atoms with E-state index >= 15 is 0 Å². The van der Waals surface area contributed by atoms with Crippen LogP contribution in [-0.2, 0) is 11.2 Å². The van der Waals surface area contributed by atoms with E-state index < -0.39 is 0 Å². The average Bonchev–Trinajstić information content (AvgIpc) is 2.75. The summed E-state index contributed by atoms with van der Waals surface area (Å²) in [5.74, 6) is 1.00. The van der Waals surface area contributed by atoms with E-state index in [2.05, 4.69) is 47.2 Å². The van der Waals surface area contributed by atoms with Gasteiger partial charge >= 0.3 is 0 Å². The van der Waals surface area contributed by atoms with Crippen molar-refractivity contribution in [3.05, 3.63) is 59.2 Å². The number of nitrogens with one attached hydrogen (secondary N) is 1. The fourth-order valence-electron chi connectivity index (χ4n) is 3.88. The maximum Gasteiger partial charge on any atom is 0.221 e. The van der Waals surface area contributed by atoms with E-state index in [-0.39, 0.29) is 5.91 Å². The van der Waals surface area contributed by atoms with Gasteiger partial charge < -0.3 is 15.0 Å². The number of carbonyl (C=O) groups excluding carboxylic acids is 1. The standard InChI is InChI=1S/C24H33N3O2/c1-19-7-6-9-22(20(19)2)27-17-15-26(16-18-27)14-12-24(28)25-13-11-21-8-4-5-10-23(21)29-3/h4-10H,11-18H2,1-3H3,(H,25,28). The van der Waals surface area contributed by atoms with Crippen LogP contribution < -0.4 is 15.0 Å². The van der Waals surface area contributed by atoms with Crippen molar-refractivity contribution in [1.82, 2.24) is 10.2 Å². The van der Waals surface area contributed by atoms with E-state index in [1.54, 1.807) is 7.11 Å². The largest absolute Gasteiger partial charge is 0.496 e. The molecule has 0 bridgehead atoms. The Morgan fingerprint density at radius 1 is 1.03 bits per heavy atom. The maximum absolute atomic E-state index is 12.2. The van der Waals surface area contributed by atoms with Crippen molar-refractivity contribution in [1.29, 1.82) is 0 Å². The highest BCUT2D eigenvalue weighted by Gasteiger charge is 2.19. The minimum Gasteiger partial charge on any atom is -0.496 e. The van der Waals surface area contributed by atoms with Crippen LogP contribution in [-0.4, -0.2) is 57.2 Å². The number of hydrogen-bond donors (Lipinski definition) is 1. The predicted octanol–water partition coefficient (Wildman–Crippen LogP) is 3.18. The molecule has 29 heavy (non-hydrogen) atoms. The predicted molar refractivity (Wildman–Crippen MR) is 119 cm³/mol. The Morgan fingerprint density at radius 3 is 2.55 bits per heavy atom. The lowest BCUT2D eigenvalue weighted by Gasteiger charge is -2.37. The minimum atomic E-state index is 0.122. The summed E-state index contributed by atoms with van der Waals surface area (Å²) in [5.41, 5.74) is 5.18. The summed E-state index contributed by atoms with van der Waals surface area (Å²) < 4.78 is 5.36. The van der Waals surface area contributed by atoms with Crippen LogP contribution in [0.25, 0.3) is 0 Å². The highest BCUT2D eigenvalue weighted by molar-refractivity contribution is 5.76. The molecule has 1 heterocycles. The number of carbonyl (C=O) groups is 1. The Kier molecular flexibility index (Phi) is 7.53. The molecule has 1 fully saturated rings. The molecule has 1 amide bonds. The molecule has 1 aliphatic heterocycles. The van der Waals surface area contributed by atoms with Crippen LogP contribution in [0.1, 0.15) is 23.1 Å². The monoisotopic (exact) mass is 395 g/mol. The number of aryl methyl sites for hydroxylation is 1. The lowest BCUT2D eigenvalue weighted by molar-refractivity contribution is -0.121. The highest BCUT2D eigenvalue weighted by Crippen LogP contribution is 2.23. The first-order valence-corrected chi connectivity index (χ1v) is 10.5. The van der Waals surface area contributed by atoms with Crippen molar-refractivity contribution in [2.75, 3.05) is 51.3 Å². The number of amides is 1. The second-order valence-corrected chi connectivity index (χ2v) is 7.71. The van der Waals surface area contributed by atoms with Gasteiger partial charge in [-0.2, -0.15) is 0 Å². The van der Waals surface area contributed by atoms with E-state index in [0.29, 0.717) is 13.0 Å². The molecule has 5 heteroatoms. The molecule has 1 N–H and O–H groups in total. The molecule has 156 valence electrons. The number of anilines is 1. The number of benzene rings is 2. The average molecular weight is 396 g/mol. The Morgan fingerprint density at radius 2 is 1.79 bits per heavy atom. The first-order valence-electron chi connectivity index (χ1n) is 10.5. The first kappa shape index (κ1) is 21.2. The summed E-state index contributed by atoms with van der Waals surface area (Å²) in [7, 11) is 1.68. The Bertz CT molecular complexity index is 814. The zero-order valence-electron chi connectivity index (χ0n) is 17.9. The number of piperazine rings is 1. The third-order valence-electron chi connectivity index (χ3n) is 5.85. The van der Waals surface area contributed by atoms with E-state index in [1.807, 2.05) is 24.3 Å². The fourth-order valence-corrected chi connectivity index (χ4v) is 3.88. The van der Waals surface area contributed by atoms with Crippen molar-refractivity contribution in [3.8, 4) is 5.75 Å². The van der Waals surface area contributed by atoms with Crippen LogP contribution in [0.5, 0.6) is 5.75 Å². The number of hydrogen-bond acceptors (Lipinski definition) is 4. The number of ether oxygens (including phenoxy) is 1. The van der Waals surface area contributed by atoms with Crippen molar-refractivity contribution < 1.29 is 9.53 Å². The van der Waals surface area contributed by atoms with Gasteiger partial charge in [0.25, 0.3) is 0 Å². The topological polar surface area (TPSA) is 44.8 Å². The van der Waals surface area contributed by atoms with Gasteiger partial charge in [0.15, 0.2) is 0 Å². The second kappa shape index (κ2) is 10.3. The van der Waals surface area contributed by atoms with Crippen LogP contribution >= 0.6 is 0 Å². The van der Waals surface area contributed by atoms with Crippen molar-refractivity contribution >= 4 is 11.6 Å². The molecule has 0 aliphatic carbocycles. The zero-order chi connectivity index (χ0) is 20.6. The molecule has 5 nitrogen and oxygen atoms in total. The van der Waals surface area contributed by atoms with Gasteiger partial charge in [0, 0.05) is 51.4 Å². The van der Waals surface area contributed by atoms with E-state index in [1.165, 1.54) is 16.8 Å². The summed E-state index contributed by atoms with van der Waals surface area (Å²) in [5, 5.41) is 3.04. The summed E-state index contributed by atoms with van der Waals surface area (Å²) in [6.45, 7) is 9.86. The highest BCUT2D eigenvalue weighted by atomic mass is 16.5. The molecule has 1 aliphatic rings. The van der Waals surface area contributed by atoms with Gasteiger partial charge in [-0.25, -0.2) is 0 Å². The molecule has 0 spiro atoms. The second-order valence-electron chi connectivity index (χ2n) is 7.71. The summed E-state index contributed by atoms with van der Waals surface area (Å²) in [6.07, 6.45) is 1.33. The van der Waals surface area contributed by atoms with Crippen LogP contribution in [0.2, 0.25) is 0 Å². The summed E-state index contributed by atoms with van der Waals surface area (Å²) >= 11 is 0. The number of para-hydroxylation sites is 1. The maximum atomic E-state index is 12.2. The molecule has 0 unspecified atom stereocenters. The van der Waals surface area contributed by atoms with Crippen LogP contribution in [0.3, 0.4) is 0 Å². The number of nitrogens with zero attached hydrogens (tertiary/aromatic N) is 2. The Hall–Kier alpha value is -2.53.